The molecule has 5 nitrogen and oxygen atoms in total. The van der Waals surface area contributed by atoms with E-state index in [4.69, 9.17) is 0 Å². The molecule has 0 spiro atoms. The van der Waals surface area contributed by atoms with Crippen LogP contribution in [0.15, 0.2) is 18.2 Å². The molecule has 1 aromatic rings. The van der Waals surface area contributed by atoms with Crippen molar-refractivity contribution in [3.63, 3.8) is 0 Å². The summed E-state index contributed by atoms with van der Waals surface area (Å²) in [5.41, 5.74) is 3.44. The summed E-state index contributed by atoms with van der Waals surface area (Å²) in [6.07, 6.45) is 0.863. The minimum Gasteiger partial charge on any atom is -0.385 e. The molecule has 2 N–H and O–H groups in total. The van der Waals surface area contributed by atoms with E-state index in [0.717, 1.165) is 5.69 Å². The van der Waals surface area contributed by atoms with Gasteiger partial charge in [-0.15, -0.1) is 0 Å². The Morgan fingerprint density at radius 1 is 1.29 bits per heavy atom. The zero-order chi connectivity index (χ0) is 15.5. The van der Waals surface area contributed by atoms with Crippen molar-refractivity contribution >= 4 is 21.4 Å². The lowest BCUT2D eigenvalue weighted by Crippen LogP contribution is -2.36. The van der Waals surface area contributed by atoms with Crippen LogP contribution in [0.1, 0.15) is 24.0 Å². The average molecular weight is 310 g/mol. The number of aryl methyl sites for hydroxylation is 2. The van der Waals surface area contributed by atoms with E-state index in [1.807, 2.05) is 19.1 Å². The summed E-state index contributed by atoms with van der Waals surface area (Å²) in [6, 6.07) is 5.87. The molecule has 1 fully saturated rings. The third-order valence-corrected chi connectivity index (χ3v) is 5.55. The number of anilines is 1. The fourth-order valence-electron chi connectivity index (χ4n) is 2.38. The van der Waals surface area contributed by atoms with E-state index in [1.54, 1.807) is 0 Å². The highest BCUT2D eigenvalue weighted by molar-refractivity contribution is 7.91. The number of amides is 1. The first kappa shape index (κ1) is 15.8. The maximum Gasteiger partial charge on any atom is 0.222 e. The number of rotatable bonds is 5. The van der Waals surface area contributed by atoms with E-state index in [0.29, 0.717) is 19.4 Å². The third-order valence-electron chi connectivity index (χ3n) is 3.79. The molecule has 1 aliphatic rings. The number of hydrogen-bond acceptors (Lipinski definition) is 4. The number of carbonyl (C=O) groups excluding carboxylic acids is 1. The van der Waals surface area contributed by atoms with Crippen LogP contribution in [0.2, 0.25) is 0 Å². The van der Waals surface area contributed by atoms with Gasteiger partial charge >= 0.3 is 0 Å². The highest BCUT2D eigenvalue weighted by Gasteiger charge is 2.28. The Labute approximate surface area is 126 Å². The van der Waals surface area contributed by atoms with Gasteiger partial charge in [-0.2, -0.15) is 0 Å². The van der Waals surface area contributed by atoms with Crippen molar-refractivity contribution in [2.45, 2.75) is 32.7 Å². The first-order chi connectivity index (χ1) is 9.85. The van der Waals surface area contributed by atoms with E-state index < -0.39 is 9.84 Å². The summed E-state index contributed by atoms with van der Waals surface area (Å²) in [5, 5.41) is 5.99. The number of benzene rings is 1. The van der Waals surface area contributed by atoms with Crippen molar-refractivity contribution in [3.05, 3.63) is 29.3 Å². The largest absolute Gasteiger partial charge is 0.385 e. The standard InChI is InChI=1S/C15H22N2O3S/c1-11-3-4-13(9-12(11)2)16-7-5-15(18)17-14-6-8-21(19,20)10-14/h3-4,9,14,16H,5-8,10H2,1-2H3,(H,17,18). The Bertz CT molecular complexity index is 626. The molecule has 0 aliphatic carbocycles. The molecule has 21 heavy (non-hydrogen) atoms. The molecule has 2 rings (SSSR count). The van der Waals surface area contributed by atoms with Gasteiger partial charge in [0.2, 0.25) is 5.91 Å². The van der Waals surface area contributed by atoms with Gasteiger partial charge in [0.1, 0.15) is 0 Å². The number of hydrogen-bond donors (Lipinski definition) is 2. The maximum absolute atomic E-state index is 11.8. The van der Waals surface area contributed by atoms with Crippen LogP contribution < -0.4 is 10.6 Å². The summed E-state index contributed by atoms with van der Waals surface area (Å²) in [4.78, 5) is 11.8. The monoisotopic (exact) mass is 310 g/mol. The molecule has 1 aromatic carbocycles. The molecule has 0 radical (unpaired) electrons. The quantitative estimate of drug-likeness (QED) is 0.862. The number of nitrogens with one attached hydrogen (secondary N) is 2. The second-order valence-corrected chi connectivity index (χ2v) is 7.87. The van der Waals surface area contributed by atoms with Crippen LogP contribution in [0, 0.1) is 13.8 Å². The molecule has 0 aromatic heterocycles. The molecular weight excluding hydrogens is 288 g/mol. The zero-order valence-electron chi connectivity index (χ0n) is 12.5. The second-order valence-electron chi connectivity index (χ2n) is 5.64. The fraction of sp³-hybridized carbons (Fsp3) is 0.533. The third kappa shape index (κ3) is 4.74. The zero-order valence-corrected chi connectivity index (χ0v) is 13.3. The van der Waals surface area contributed by atoms with Gasteiger partial charge in [-0.3, -0.25) is 4.79 Å². The number of sulfone groups is 1. The molecule has 116 valence electrons. The lowest BCUT2D eigenvalue weighted by atomic mass is 10.1. The van der Waals surface area contributed by atoms with Crippen molar-refractivity contribution in [1.29, 1.82) is 0 Å². The van der Waals surface area contributed by atoms with Crippen molar-refractivity contribution in [2.75, 3.05) is 23.4 Å². The topological polar surface area (TPSA) is 75.3 Å². The van der Waals surface area contributed by atoms with Crippen LogP contribution in [-0.4, -0.2) is 38.4 Å². The molecule has 1 unspecified atom stereocenters. The smallest absolute Gasteiger partial charge is 0.222 e. The van der Waals surface area contributed by atoms with Gasteiger partial charge in [0, 0.05) is 24.7 Å². The summed E-state index contributed by atoms with van der Waals surface area (Å²) in [5.74, 6) is 0.149. The van der Waals surface area contributed by atoms with Crippen molar-refractivity contribution in [2.24, 2.45) is 0 Å². The minimum atomic E-state index is -2.94. The molecule has 0 bridgehead atoms. The first-order valence-corrected chi connectivity index (χ1v) is 8.99. The fourth-order valence-corrected chi connectivity index (χ4v) is 4.05. The Balaban J connectivity index is 1.73. The SMILES string of the molecule is Cc1ccc(NCCC(=O)NC2CCS(=O)(=O)C2)cc1C. The van der Waals surface area contributed by atoms with Crippen LogP contribution in [0.4, 0.5) is 5.69 Å². The lowest BCUT2D eigenvalue weighted by Gasteiger charge is -2.12. The van der Waals surface area contributed by atoms with E-state index in [-0.39, 0.29) is 23.5 Å². The normalized spacial score (nSPS) is 20.2. The lowest BCUT2D eigenvalue weighted by molar-refractivity contribution is -0.121. The summed E-state index contributed by atoms with van der Waals surface area (Å²) in [6.45, 7) is 4.64. The van der Waals surface area contributed by atoms with Crippen LogP contribution >= 0.6 is 0 Å². The molecule has 1 atom stereocenters. The summed E-state index contributed by atoms with van der Waals surface area (Å²) < 4.78 is 22.6. The van der Waals surface area contributed by atoms with Gasteiger partial charge in [-0.05, 0) is 43.5 Å². The van der Waals surface area contributed by atoms with Gasteiger partial charge < -0.3 is 10.6 Å². The second kappa shape index (κ2) is 6.47. The van der Waals surface area contributed by atoms with Gasteiger partial charge in [-0.25, -0.2) is 8.42 Å². The molecule has 1 amide bonds. The molecule has 1 saturated heterocycles. The Morgan fingerprint density at radius 3 is 2.67 bits per heavy atom. The summed E-state index contributed by atoms with van der Waals surface area (Å²) >= 11 is 0. The molecule has 1 aliphatic heterocycles. The molecule has 6 heteroatoms. The predicted octanol–water partition coefficient (Wildman–Crippen LogP) is 1.41. The van der Waals surface area contributed by atoms with E-state index in [1.165, 1.54) is 11.1 Å². The van der Waals surface area contributed by atoms with Gasteiger partial charge in [0.15, 0.2) is 9.84 Å². The van der Waals surface area contributed by atoms with E-state index >= 15 is 0 Å². The molecule has 1 heterocycles. The van der Waals surface area contributed by atoms with E-state index in [9.17, 15) is 13.2 Å². The Hall–Kier alpha value is -1.56. The van der Waals surface area contributed by atoms with Crippen molar-refractivity contribution < 1.29 is 13.2 Å². The Morgan fingerprint density at radius 2 is 2.05 bits per heavy atom. The van der Waals surface area contributed by atoms with Crippen LogP contribution in [-0.2, 0) is 14.6 Å². The van der Waals surface area contributed by atoms with Crippen molar-refractivity contribution in [3.8, 4) is 0 Å². The Kier molecular flexibility index (Phi) is 4.88. The van der Waals surface area contributed by atoms with E-state index in [2.05, 4.69) is 23.6 Å². The van der Waals surface area contributed by atoms with Gasteiger partial charge in [0.05, 0.1) is 11.5 Å². The molecule has 0 saturated carbocycles. The van der Waals surface area contributed by atoms with Gasteiger partial charge in [0.25, 0.3) is 0 Å². The van der Waals surface area contributed by atoms with Crippen LogP contribution in [0.3, 0.4) is 0 Å². The number of carbonyl (C=O) groups is 1. The van der Waals surface area contributed by atoms with Crippen LogP contribution in [0.5, 0.6) is 0 Å². The summed E-state index contributed by atoms with van der Waals surface area (Å²) in [7, 11) is -2.94. The highest BCUT2D eigenvalue weighted by Crippen LogP contribution is 2.14. The van der Waals surface area contributed by atoms with Gasteiger partial charge in [-0.1, -0.05) is 6.07 Å². The maximum atomic E-state index is 11.8. The first-order valence-electron chi connectivity index (χ1n) is 7.17. The van der Waals surface area contributed by atoms with Crippen molar-refractivity contribution in [1.82, 2.24) is 5.32 Å². The molecular formula is C15H22N2O3S. The predicted molar refractivity (Wildman–Crippen MR) is 84.2 cm³/mol. The highest BCUT2D eigenvalue weighted by atomic mass is 32.2. The average Bonchev–Trinajstić information content (AvgIpc) is 2.73. The minimum absolute atomic E-state index is 0.0727. The van der Waals surface area contributed by atoms with Crippen LogP contribution in [0.25, 0.3) is 0 Å².